The number of piperidine rings is 1. The molecule has 2 rings (SSSR count). The molecule has 1 N–H and O–H groups in total. The molecule has 0 aromatic carbocycles. The lowest BCUT2D eigenvalue weighted by Crippen LogP contribution is -2.44. The van der Waals surface area contributed by atoms with Gasteiger partial charge in [0.05, 0.1) is 0 Å². The lowest BCUT2D eigenvalue weighted by Gasteiger charge is -2.30. The van der Waals surface area contributed by atoms with E-state index in [1.165, 1.54) is 12.3 Å². The van der Waals surface area contributed by atoms with Crippen LogP contribution in [0.4, 0.5) is 18.0 Å². The molecule has 0 bridgehead atoms. The van der Waals surface area contributed by atoms with Gasteiger partial charge in [-0.15, -0.1) is 0 Å². The van der Waals surface area contributed by atoms with Crippen LogP contribution in [0.2, 0.25) is 0 Å². The fourth-order valence-electron chi connectivity index (χ4n) is 2.46. The third kappa shape index (κ3) is 5.96. The highest BCUT2D eigenvalue weighted by Crippen LogP contribution is 2.18. The Morgan fingerprint density at radius 1 is 1.52 bits per heavy atom. The van der Waals surface area contributed by atoms with Crippen molar-refractivity contribution in [3.8, 4) is 5.88 Å². The van der Waals surface area contributed by atoms with E-state index in [0.29, 0.717) is 11.5 Å². The largest absolute Gasteiger partial charge is 0.468 e. The number of likely N-dealkylation sites (tertiary alicyclic amines) is 1. The average Bonchev–Trinajstić information content (AvgIpc) is 2.50. The fraction of sp³-hybridized carbons (Fsp3) is 0.600. The van der Waals surface area contributed by atoms with Gasteiger partial charge in [-0.3, -0.25) is 0 Å². The van der Waals surface area contributed by atoms with E-state index in [-0.39, 0.29) is 18.5 Å². The molecule has 1 aliphatic rings. The van der Waals surface area contributed by atoms with Crippen LogP contribution in [0.3, 0.4) is 0 Å². The minimum atomic E-state index is -4.41. The third-order valence-corrected chi connectivity index (χ3v) is 3.57. The van der Waals surface area contributed by atoms with Crippen molar-refractivity contribution in [2.75, 3.05) is 19.7 Å². The van der Waals surface area contributed by atoms with Gasteiger partial charge in [-0.25, -0.2) is 9.78 Å². The highest BCUT2D eigenvalue weighted by atomic mass is 19.4. The predicted molar refractivity (Wildman–Crippen MR) is 78.0 cm³/mol. The summed E-state index contributed by atoms with van der Waals surface area (Å²) in [5.41, 5.74) is 0.635. The standard InChI is InChI=1S/C15H20F3N3O2/c1-11-3-2-6-21(9-11)14(22)20-8-12-4-5-19-13(7-12)23-10-15(16,17)18/h4-5,7,11H,2-3,6,8-10H2,1H3,(H,20,22). The summed E-state index contributed by atoms with van der Waals surface area (Å²) in [4.78, 5) is 17.6. The molecule has 1 saturated heterocycles. The van der Waals surface area contributed by atoms with Gasteiger partial charge in [-0.1, -0.05) is 6.92 Å². The van der Waals surface area contributed by atoms with Gasteiger partial charge in [0.2, 0.25) is 5.88 Å². The van der Waals surface area contributed by atoms with Crippen LogP contribution in [0.1, 0.15) is 25.3 Å². The van der Waals surface area contributed by atoms with E-state index in [4.69, 9.17) is 0 Å². The molecule has 0 aliphatic carbocycles. The van der Waals surface area contributed by atoms with E-state index in [0.717, 1.165) is 25.9 Å². The molecule has 1 aromatic heterocycles. The Labute approximate surface area is 132 Å². The maximum Gasteiger partial charge on any atom is 0.422 e. The molecule has 0 radical (unpaired) electrons. The summed E-state index contributed by atoms with van der Waals surface area (Å²) in [6.07, 6.45) is -0.944. The zero-order chi connectivity index (χ0) is 16.9. The molecule has 0 saturated carbocycles. The van der Waals surface area contributed by atoms with Crippen molar-refractivity contribution in [3.63, 3.8) is 0 Å². The summed E-state index contributed by atoms with van der Waals surface area (Å²) in [6.45, 7) is 2.39. The number of aromatic nitrogens is 1. The minimum absolute atomic E-state index is 0.110. The fourth-order valence-corrected chi connectivity index (χ4v) is 2.46. The number of rotatable bonds is 4. The number of ether oxygens (including phenoxy) is 1. The highest BCUT2D eigenvalue weighted by Gasteiger charge is 2.28. The normalized spacial score (nSPS) is 18.6. The van der Waals surface area contributed by atoms with Crippen molar-refractivity contribution in [2.45, 2.75) is 32.5 Å². The molecule has 23 heavy (non-hydrogen) atoms. The lowest BCUT2D eigenvalue weighted by molar-refractivity contribution is -0.154. The number of pyridine rings is 1. The number of halogens is 3. The number of urea groups is 1. The number of carbonyl (C=O) groups is 1. The van der Waals surface area contributed by atoms with Gasteiger partial charge in [-0.2, -0.15) is 13.2 Å². The molecule has 1 unspecified atom stereocenters. The zero-order valence-corrected chi connectivity index (χ0v) is 12.9. The Morgan fingerprint density at radius 2 is 2.30 bits per heavy atom. The van der Waals surface area contributed by atoms with Crippen LogP contribution in [0, 0.1) is 5.92 Å². The van der Waals surface area contributed by atoms with E-state index < -0.39 is 12.8 Å². The van der Waals surface area contributed by atoms with Crippen molar-refractivity contribution < 1.29 is 22.7 Å². The Kier molecular flexibility index (Phi) is 5.68. The first kappa shape index (κ1) is 17.4. The van der Waals surface area contributed by atoms with Crippen LogP contribution in [0.15, 0.2) is 18.3 Å². The number of nitrogens with zero attached hydrogens (tertiary/aromatic N) is 2. The van der Waals surface area contributed by atoms with Gasteiger partial charge in [-0.05, 0) is 30.4 Å². The molecule has 128 valence electrons. The molecule has 1 aromatic rings. The summed E-state index contributed by atoms with van der Waals surface area (Å²) < 4.78 is 40.9. The number of alkyl halides is 3. The van der Waals surface area contributed by atoms with Crippen molar-refractivity contribution >= 4 is 6.03 Å². The smallest absolute Gasteiger partial charge is 0.422 e. The van der Waals surface area contributed by atoms with Crippen LogP contribution in [0.25, 0.3) is 0 Å². The van der Waals surface area contributed by atoms with Gasteiger partial charge in [0.25, 0.3) is 0 Å². The van der Waals surface area contributed by atoms with Crippen molar-refractivity contribution in [2.24, 2.45) is 5.92 Å². The summed E-state index contributed by atoms with van der Waals surface area (Å²) >= 11 is 0. The molecule has 1 atom stereocenters. The SMILES string of the molecule is CC1CCCN(C(=O)NCc2ccnc(OCC(F)(F)F)c2)C1. The van der Waals surface area contributed by atoms with Gasteiger partial charge in [0, 0.05) is 31.9 Å². The van der Waals surface area contributed by atoms with Crippen molar-refractivity contribution in [1.29, 1.82) is 0 Å². The molecule has 1 aliphatic heterocycles. The second kappa shape index (κ2) is 7.52. The second-order valence-corrected chi connectivity index (χ2v) is 5.76. The molecule has 1 fully saturated rings. The summed E-state index contributed by atoms with van der Waals surface area (Å²) in [5, 5.41) is 2.77. The van der Waals surface area contributed by atoms with Gasteiger partial charge in [0.1, 0.15) is 0 Å². The Balaban J connectivity index is 1.84. The summed E-state index contributed by atoms with van der Waals surface area (Å²) in [5.74, 6) is 0.374. The van der Waals surface area contributed by atoms with Gasteiger partial charge >= 0.3 is 12.2 Å². The molecular formula is C15H20F3N3O2. The molecule has 8 heteroatoms. The predicted octanol–water partition coefficient (Wildman–Crippen LogP) is 2.96. The molecule has 2 amide bonds. The van der Waals surface area contributed by atoms with E-state index in [2.05, 4.69) is 22.0 Å². The third-order valence-electron chi connectivity index (χ3n) is 3.57. The van der Waals surface area contributed by atoms with Crippen LogP contribution in [-0.4, -0.2) is 41.8 Å². The maximum atomic E-state index is 12.1. The Morgan fingerprint density at radius 3 is 3.00 bits per heavy atom. The average molecular weight is 331 g/mol. The minimum Gasteiger partial charge on any atom is -0.468 e. The van der Waals surface area contributed by atoms with E-state index in [9.17, 15) is 18.0 Å². The van der Waals surface area contributed by atoms with Crippen molar-refractivity contribution in [3.05, 3.63) is 23.9 Å². The first-order valence-electron chi connectivity index (χ1n) is 7.51. The van der Waals surface area contributed by atoms with Crippen LogP contribution >= 0.6 is 0 Å². The quantitative estimate of drug-likeness (QED) is 0.923. The van der Waals surface area contributed by atoms with Crippen LogP contribution < -0.4 is 10.1 Å². The number of hydrogen-bond acceptors (Lipinski definition) is 3. The number of nitrogens with one attached hydrogen (secondary N) is 1. The molecule has 0 spiro atoms. The number of hydrogen-bond donors (Lipinski definition) is 1. The number of amides is 2. The highest BCUT2D eigenvalue weighted by molar-refractivity contribution is 5.74. The van der Waals surface area contributed by atoms with Crippen molar-refractivity contribution in [1.82, 2.24) is 15.2 Å². The van der Waals surface area contributed by atoms with Gasteiger partial charge in [0.15, 0.2) is 6.61 Å². The molecular weight excluding hydrogens is 311 g/mol. The van der Waals surface area contributed by atoms with E-state index >= 15 is 0 Å². The summed E-state index contributed by atoms with van der Waals surface area (Å²) in [7, 11) is 0. The van der Waals surface area contributed by atoms with Crippen LogP contribution in [-0.2, 0) is 6.54 Å². The summed E-state index contributed by atoms with van der Waals surface area (Å²) in [6, 6.07) is 2.86. The second-order valence-electron chi connectivity index (χ2n) is 5.76. The lowest BCUT2D eigenvalue weighted by atomic mass is 10.0. The number of carbonyl (C=O) groups excluding carboxylic acids is 1. The first-order valence-corrected chi connectivity index (χ1v) is 7.51. The zero-order valence-electron chi connectivity index (χ0n) is 12.9. The Hall–Kier alpha value is -1.99. The monoisotopic (exact) mass is 331 g/mol. The van der Waals surface area contributed by atoms with E-state index in [1.54, 1.807) is 11.0 Å². The first-order chi connectivity index (χ1) is 10.8. The Bertz CT molecular complexity index is 537. The molecule has 2 heterocycles. The van der Waals surface area contributed by atoms with E-state index in [1.807, 2.05) is 0 Å². The van der Waals surface area contributed by atoms with Crippen LogP contribution in [0.5, 0.6) is 5.88 Å². The molecule has 5 nitrogen and oxygen atoms in total. The maximum absolute atomic E-state index is 12.1. The topological polar surface area (TPSA) is 54.5 Å². The van der Waals surface area contributed by atoms with Gasteiger partial charge < -0.3 is 15.0 Å².